The van der Waals surface area contributed by atoms with Crippen LogP contribution < -0.4 is 19.2 Å². The Kier molecular flexibility index (Phi) is 46.9. The van der Waals surface area contributed by atoms with Crippen molar-refractivity contribution in [3.63, 3.8) is 0 Å². The zero-order chi connectivity index (χ0) is 14.3. The Hall–Kier alpha value is 1.12. The summed E-state index contributed by atoms with van der Waals surface area (Å²) < 4.78 is 35.4. The van der Waals surface area contributed by atoms with Gasteiger partial charge in [-0.15, -0.1) is 44.3 Å². The van der Waals surface area contributed by atoms with Crippen molar-refractivity contribution in [2.45, 2.75) is 0 Å². The molecule has 17 heteroatoms. The van der Waals surface area contributed by atoms with E-state index in [2.05, 4.69) is 44.3 Å². The average Bonchev–Trinajstić information content (AvgIpc) is 1.76. The van der Waals surface area contributed by atoms with Gasteiger partial charge in [-0.2, -0.15) is 0 Å². The summed E-state index contributed by atoms with van der Waals surface area (Å²) in [6, 6.07) is 0. The molecule has 17 heavy (non-hydrogen) atoms. The van der Waals surface area contributed by atoms with Gasteiger partial charge < -0.3 is 37.0 Å². The minimum atomic E-state index is -2.91. The zero-order valence-electron chi connectivity index (χ0n) is 7.09. The second-order valence-electron chi connectivity index (χ2n) is 0.951. The first-order valence-corrected chi connectivity index (χ1v) is 11.7. The average molecular weight is 577 g/mol. The van der Waals surface area contributed by atoms with Crippen LogP contribution in [0, 0.1) is 0 Å². The first-order chi connectivity index (χ1) is 6.93. The van der Waals surface area contributed by atoms with Crippen LogP contribution >= 0.6 is 44.3 Å². The summed E-state index contributed by atoms with van der Waals surface area (Å²) in [4.78, 5) is 35.4. The standard InChI is InChI=1S/4ClO2Si.Pt/c4*1-4(2)3;/q4*-1;+4. The first kappa shape index (κ1) is 30.9. The Balaban J connectivity index is -0.0000000369. The third-order valence-electron chi connectivity index (χ3n) is 0. The van der Waals surface area contributed by atoms with Gasteiger partial charge in [-0.25, -0.2) is 0 Å². The summed E-state index contributed by atoms with van der Waals surface area (Å²) in [5.41, 5.74) is 0. The maximum Gasteiger partial charge on any atom is 4.00 e. The molecule has 0 amide bonds. The van der Waals surface area contributed by atoms with E-state index in [-0.39, 0.29) is 21.1 Å². The van der Waals surface area contributed by atoms with Gasteiger partial charge in [0.15, 0.2) is 0 Å². The molecule has 0 aromatic carbocycles. The summed E-state index contributed by atoms with van der Waals surface area (Å²) in [7, 11) is -11.6. The number of rotatable bonds is 0. The van der Waals surface area contributed by atoms with E-state index in [1.807, 2.05) is 0 Å². The predicted octanol–water partition coefficient (Wildman–Crippen LogP) is -4.00. The smallest absolute Gasteiger partial charge is 0.572 e. The summed E-state index contributed by atoms with van der Waals surface area (Å²) in [6.45, 7) is 0. The molecule has 0 fully saturated rings. The molecule has 0 saturated carbocycles. The molecule has 0 saturated heterocycles. The Morgan fingerprint density at radius 2 is 0.529 bits per heavy atom. The van der Waals surface area contributed by atoms with Crippen LogP contribution in [-0.4, -0.2) is 32.9 Å². The number of hydrogen-bond acceptors (Lipinski definition) is 8. The van der Waals surface area contributed by atoms with Crippen molar-refractivity contribution in [3.8, 4) is 0 Å². The minimum Gasteiger partial charge on any atom is -0.572 e. The van der Waals surface area contributed by atoms with Crippen molar-refractivity contribution in [3.05, 3.63) is 0 Å². The zero-order valence-corrected chi connectivity index (χ0v) is 16.4. The molecule has 0 unspecified atom stereocenters. The monoisotopic (exact) mass is 575 g/mol. The fraction of sp³-hybridized carbons (Fsp3) is 0. The summed E-state index contributed by atoms with van der Waals surface area (Å²) in [5, 5.41) is 0. The molecule has 0 aromatic rings. The molecule has 0 atom stereocenters. The van der Waals surface area contributed by atoms with E-state index in [0.29, 0.717) is 0 Å². The van der Waals surface area contributed by atoms with E-state index in [4.69, 9.17) is 37.0 Å². The van der Waals surface area contributed by atoms with Crippen LogP contribution in [0.5, 0.6) is 0 Å². The van der Waals surface area contributed by atoms with Gasteiger partial charge in [-0.05, 0) is 0 Å². The molecule has 102 valence electrons. The van der Waals surface area contributed by atoms with Crippen LogP contribution in [-0.2, 0) is 38.9 Å². The predicted molar refractivity (Wildman–Crippen MR) is 49.2 cm³/mol. The summed E-state index contributed by atoms with van der Waals surface area (Å²) >= 11 is 17.1. The van der Waals surface area contributed by atoms with Gasteiger partial charge in [0.05, 0.1) is 0 Å². The normalized spacial score (nSPS) is 5.88. The Bertz CT molecular complexity index is 170. The molecule has 0 rings (SSSR count). The van der Waals surface area contributed by atoms with E-state index >= 15 is 0 Å². The SMILES string of the molecule is O=[Si]([O-])Cl.O=[Si]([O-])Cl.O=[Si]([O-])Cl.O=[Si]([O-])Cl.[Pt+4]. The van der Waals surface area contributed by atoms with Gasteiger partial charge in [0, 0.05) is 0 Å². The quantitative estimate of drug-likeness (QED) is 0.208. The second-order valence-corrected chi connectivity index (χ2v) is 6.55. The molecule has 0 aromatic heterocycles. The van der Waals surface area contributed by atoms with Crippen LogP contribution in [0.25, 0.3) is 0 Å². The molecule has 0 bridgehead atoms. The Morgan fingerprint density at radius 1 is 0.529 bits per heavy atom. The van der Waals surface area contributed by atoms with Gasteiger partial charge in [0.25, 0.3) is 32.9 Å². The molecule has 0 N–H and O–H groups in total. The van der Waals surface area contributed by atoms with Gasteiger partial charge in [0.1, 0.15) is 0 Å². The van der Waals surface area contributed by atoms with E-state index in [9.17, 15) is 0 Å². The van der Waals surface area contributed by atoms with E-state index in [1.165, 1.54) is 0 Å². The van der Waals surface area contributed by atoms with E-state index in [1.54, 1.807) is 0 Å². The van der Waals surface area contributed by atoms with Crippen LogP contribution in [0.3, 0.4) is 0 Å². The van der Waals surface area contributed by atoms with Gasteiger partial charge in [-0.3, -0.25) is 0 Å². The van der Waals surface area contributed by atoms with Crippen molar-refractivity contribution in [1.29, 1.82) is 0 Å². The first-order valence-electron chi connectivity index (χ1n) is 2.39. The van der Waals surface area contributed by atoms with Gasteiger partial charge in [0.2, 0.25) is 0 Å². The van der Waals surface area contributed by atoms with Crippen molar-refractivity contribution in [2.24, 2.45) is 0 Å². The molecule has 0 aliphatic heterocycles. The van der Waals surface area contributed by atoms with Gasteiger partial charge >= 0.3 is 21.1 Å². The van der Waals surface area contributed by atoms with Crippen molar-refractivity contribution >= 4 is 77.3 Å². The maximum absolute atomic E-state index is 8.84. The molecule has 0 heterocycles. The van der Waals surface area contributed by atoms with Crippen molar-refractivity contribution < 1.29 is 58.1 Å². The molecular formula is Cl4O8PtSi4. The largest absolute Gasteiger partial charge is 4.00 e. The van der Waals surface area contributed by atoms with Crippen LogP contribution in [0.15, 0.2) is 0 Å². The third-order valence-corrected chi connectivity index (χ3v) is 0. The van der Waals surface area contributed by atoms with Crippen LogP contribution in [0.1, 0.15) is 0 Å². The minimum absolute atomic E-state index is 0. The molecular weight excluding hydrogens is 577 g/mol. The van der Waals surface area contributed by atoms with Crippen LogP contribution in [0.2, 0.25) is 0 Å². The molecule has 8 nitrogen and oxygen atoms in total. The van der Waals surface area contributed by atoms with Crippen molar-refractivity contribution in [1.82, 2.24) is 0 Å². The number of hydrogen-bond donors (Lipinski definition) is 0. The Labute approximate surface area is 134 Å². The fourth-order valence-electron chi connectivity index (χ4n) is 0. The summed E-state index contributed by atoms with van der Waals surface area (Å²) in [6.07, 6.45) is 0. The molecule has 0 aliphatic carbocycles. The van der Waals surface area contributed by atoms with E-state index < -0.39 is 32.9 Å². The van der Waals surface area contributed by atoms with Crippen molar-refractivity contribution in [2.75, 3.05) is 0 Å². The molecule has 0 spiro atoms. The molecule has 0 radical (unpaired) electrons. The van der Waals surface area contributed by atoms with Gasteiger partial charge in [-0.1, -0.05) is 0 Å². The maximum atomic E-state index is 8.84. The number of halogens is 4. The second kappa shape index (κ2) is 25.8. The fourth-order valence-corrected chi connectivity index (χ4v) is 0. The summed E-state index contributed by atoms with van der Waals surface area (Å²) in [5.74, 6) is 0. The topological polar surface area (TPSA) is 161 Å². The Morgan fingerprint density at radius 3 is 0.529 bits per heavy atom. The van der Waals surface area contributed by atoms with Crippen LogP contribution in [0.4, 0.5) is 0 Å². The van der Waals surface area contributed by atoms with E-state index in [0.717, 1.165) is 0 Å². The molecule has 0 aliphatic rings. The third kappa shape index (κ3) is 3140.